The molecule has 4 nitrogen and oxygen atoms in total. The van der Waals surface area contributed by atoms with E-state index in [1.165, 1.54) is 5.56 Å². The molecule has 0 radical (unpaired) electrons. The van der Waals surface area contributed by atoms with Crippen LogP contribution >= 0.6 is 0 Å². The third-order valence-corrected chi connectivity index (χ3v) is 3.91. The zero-order valence-electron chi connectivity index (χ0n) is 14.6. The first-order chi connectivity index (χ1) is 10.7. The highest BCUT2D eigenvalue weighted by Crippen LogP contribution is 2.08. The van der Waals surface area contributed by atoms with Gasteiger partial charge in [-0.25, -0.2) is 0 Å². The average Bonchev–Trinajstić information content (AvgIpc) is 2.56. The second kappa shape index (κ2) is 11.1. The molecule has 4 heteroatoms. The standard InChI is InChI=1S/C18H32N4/c1-5-13-20-18(19-4)21-15-17(22(6-2)7-3)14-16-11-9-8-10-12-16/h8-12,17H,5-7,13-15H2,1-4H3,(H2,19,20,21). The van der Waals surface area contributed by atoms with Crippen molar-refractivity contribution in [2.24, 2.45) is 4.99 Å². The minimum absolute atomic E-state index is 0.470. The number of nitrogens with zero attached hydrogens (tertiary/aromatic N) is 2. The summed E-state index contributed by atoms with van der Waals surface area (Å²) in [6.07, 6.45) is 2.16. The minimum Gasteiger partial charge on any atom is -0.356 e. The van der Waals surface area contributed by atoms with Crippen LogP contribution in [0.3, 0.4) is 0 Å². The third kappa shape index (κ3) is 6.48. The molecule has 0 aromatic heterocycles. The van der Waals surface area contributed by atoms with E-state index in [4.69, 9.17) is 0 Å². The smallest absolute Gasteiger partial charge is 0.191 e. The average molecular weight is 304 g/mol. The van der Waals surface area contributed by atoms with E-state index in [-0.39, 0.29) is 0 Å². The summed E-state index contributed by atoms with van der Waals surface area (Å²) in [7, 11) is 1.83. The van der Waals surface area contributed by atoms with Crippen molar-refractivity contribution < 1.29 is 0 Å². The molecule has 0 saturated carbocycles. The molecule has 1 aromatic rings. The van der Waals surface area contributed by atoms with Gasteiger partial charge in [0.2, 0.25) is 0 Å². The van der Waals surface area contributed by atoms with Crippen molar-refractivity contribution in [3.05, 3.63) is 35.9 Å². The van der Waals surface area contributed by atoms with Gasteiger partial charge in [-0.05, 0) is 31.5 Å². The van der Waals surface area contributed by atoms with Gasteiger partial charge < -0.3 is 10.6 Å². The van der Waals surface area contributed by atoms with Gasteiger partial charge in [0.15, 0.2) is 5.96 Å². The molecular formula is C18H32N4. The van der Waals surface area contributed by atoms with E-state index in [0.717, 1.165) is 45.0 Å². The van der Waals surface area contributed by atoms with Gasteiger partial charge in [-0.15, -0.1) is 0 Å². The Morgan fingerprint density at radius 1 is 1.09 bits per heavy atom. The number of rotatable bonds is 9. The Morgan fingerprint density at radius 2 is 1.77 bits per heavy atom. The fraction of sp³-hybridized carbons (Fsp3) is 0.611. The van der Waals surface area contributed by atoms with Crippen molar-refractivity contribution >= 4 is 5.96 Å². The van der Waals surface area contributed by atoms with Crippen molar-refractivity contribution in [1.29, 1.82) is 0 Å². The summed E-state index contributed by atoms with van der Waals surface area (Å²) in [5, 5.41) is 6.80. The molecule has 0 aliphatic heterocycles. The molecule has 1 rings (SSSR count). The van der Waals surface area contributed by atoms with Crippen LogP contribution in [-0.4, -0.2) is 50.1 Å². The molecule has 0 saturated heterocycles. The van der Waals surface area contributed by atoms with E-state index in [2.05, 4.69) is 71.6 Å². The van der Waals surface area contributed by atoms with Gasteiger partial charge >= 0.3 is 0 Å². The van der Waals surface area contributed by atoms with Gasteiger partial charge in [0.25, 0.3) is 0 Å². The van der Waals surface area contributed by atoms with Crippen LogP contribution in [0.15, 0.2) is 35.3 Å². The van der Waals surface area contributed by atoms with Crippen molar-refractivity contribution in [2.75, 3.05) is 33.2 Å². The molecule has 0 bridgehead atoms. The van der Waals surface area contributed by atoms with E-state index in [1.807, 2.05) is 7.05 Å². The molecule has 0 spiro atoms. The molecular weight excluding hydrogens is 272 g/mol. The summed E-state index contributed by atoms with van der Waals surface area (Å²) >= 11 is 0. The zero-order chi connectivity index (χ0) is 16.2. The Bertz CT molecular complexity index is 412. The molecule has 1 aromatic carbocycles. The van der Waals surface area contributed by atoms with E-state index >= 15 is 0 Å². The number of guanidine groups is 1. The lowest BCUT2D eigenvalue weighted by molar-refractivity contribution is 0.215. The summed E-state index contributed by atoms with van der Waals surface area (Å²) in [5.74, 6) is 0.895. The van der Waals surface area contributed by atoms with Crippen molar-refractivity contribution in [2.45, 2.75) is 39.7 Å². The maximum Gasteiger partial charge on any atom is 0.191 e. The van der Waals surface area contributed by atoms with Gasteiger partial charge in [0.05, 0.1) is 0 Å². The molecule has 22 heavy (non-hydrogen) atoms. The first-order valence-electron chi connectivity index (χ1n) is 8.47. The van der Waals surface area contributed by atoms with Gasteiger partial charge in [-0.1, -0.05) is 51.1 Å². The van der Waals surface area contributed by atoms with E-state index in [9.17, 15) is 0 Å². The van der Waals surface area contributed by atoms with Gasteiger partial charge in [-0.2, -0.15) is 0 Å². The summed E-state index contributed by atoms with van der Waals surface area (Å²) < 4.78 is 0. The van der Waals surface area contributed by atoms with Crippen molar-refractivity contribution in [3.8, 4) is 0 Å². The van der Waals surface area contributed by atoms with Crippen LogP contribution in [0.25, 0.3) is 0 Å². The van der Waals surface area contributed by atoms with Gasteiger partial charge in [-0.3, -0.25) is 9.89 Å². The number of benzene rings is 1. The monoisotopic (exact) mass is 304 g/mol. The highest BCUT2D eigenvalue weighted by atomic mass is 15.2. The molecule has 1 atom stereocenters. The number of hydrogen-bond donors (Lipinski definition) is 2. The first-order valence-corrected chi connectivity index (χ1v) is 8.47. The topological polar surface area (TPSA) is 39.7 Å². The molecule has 0 aliphatic carbocycles. The maximum absolute atomic E-state index is 4.29. The Morgan fingerprint density at radius 3 is 2.32 bits per heavy atom. The van der Waals surface area contributed by atoms with Gasteiger partial charge in [0, 0.05) is 26.2 Å². The fourth-order valence-electron chi connectivity index (χ4n) is 2.64. The van der Waals surface area contributed by atoms with Crippen LogP contribution in [-0.2, 0) is 6.42 Å². The highest BCUT2D eigenvalue weighted by Gasteiger charge is 2.16. The summed E-state index contributed by atoms with van der Waals surface area (Å²) in [6.45, 7) is 10.6. The predicted molar refractivity (Wildman–Crippen MR) is 96.5 cm³/mol. The van der Waals surface area contributed by atoms with Crippen LogP contribution in [0.1, 0.15) is 32.8 Å². The Hall–Kier alpha value is -1.55. The highest BCUT2D eigenvalue weighted by molar-refractivity contribution is 5.79. The van der Waals surface area contributed by atoms with Crippen LogP contribution in [0, 0.1) is 0 Å². The molecule has 0 fully saturated rings. The Labute approximate surface area is 136 Å². The van der Waals surface area contributed by atoms with Crippen LogP contribution in [0.2, 0.25) is 0 Å². The largest absolute Gasteiger partial charge is 0.356 e. The molecule has 2 N–H and O–H groups in total. The van der Waals surface area contributed by atoms with E-state index in [1.54, 1.807) is 0 Å². The fourth-order valence-corrected chi connectivity index (χ4v) is 2.64. The second-order valence-corrected chi connectivity index (χ2v) is 5.44. The minimum atomic E-state index is 0.470. The lowest BCUT2D eigenvalue weighted by Crippen LogP contribution is -2.48. The van der Waals surface area contributed by atoms with E-state index in [0.29, 0.717) is 6.04 Å². The molecule has 0 aliphatic rings. The first kappa shape index (κ1) is 18.5. The number of nitrogens with one attached hydrogen (secondary N) is 2. The normalized spacial score (nSPS) is 13.2. The second-order valence-electron chi connectivity index (χ2n) is 5.44. The van der Waals surface area contributed by atoms with Crippen molar-refractivity contribution in [3.63, 3.8) is 0 Å². The quantitative estimate of drug-likeness (QED) is 0.544. The number of aliphatic imine (C=N–C) groups is 1. The summed E-state index contributed by atoms with van der Waals surface area (Å²) in [6, 6.07) is 11.2. The van der Waals surface area contributed by atoms with Gasteiger partial charge in [0.1, 0.15) is 0 Å². The zero-order valence-corrected chi connectivity index (χ0v) is 14.6. The van der Waals surface area contributed by atoms with Crippen LogP contribution < -0.4 is 10.6 Å². The summed E-state index contributed by atoms with van der Waals surface area (Å²) in [5.41, 5.74) is 1.39. The molecule has 1 unspecified atom stereocenters. The number of likely N-dealkylation sites (N-methyl/N-ethyl adjacent to an activating group) is 1. The third-order valence-electron chi connectivity index (χ3n) is 3.91. The lowest BCUT2D eigenvalue weighted by Gasteiger charge is -2.30. The molecule has 0 heterocycles. The molecule has 124 valence electrons. The maximum atomic E-state index is 4.29. The Balaban J connectivity index is 2.65. The summed E-state index contributed by atoms with van der Waals surface area (Å²) in [4.78, 5) is 6.80. The van der Waals surface area contributed by atoms with Crippen LogP contribution in [0.5, 0.6) is 0 Å². The molecule has 0 amide bonds. The lowest BCUT2D eigenvalue weighted by atomic mass is 10.0. The van der Waals surface area contributed by atoms with E-state index < -0.39 is 0 Å². The number of hydrogen-bond acceptors (Lipinski definition) is 2. The SMILES string of the molecule is CCCNC(=NC)NCC(Cc1ccccc1)N(CC)CC. The van der Waals surface area contributed by atoms with Crippen molar-refractivity contribution in [1.82, 2.24) is 15.5 Å². The Kier molecular flexibility index (Phi) is 9.31. The van der Waals surface area contributed by atoms with Crippen LogP contribution in [0.4, 0.5) is 0 Å². The predicted octanol–water partition coefficient (Wildman–Crippen LogP) is 2.51.